The number of unbranched alkanes of at least 4 members (excludes halogenated alkanes) is 2. The summed E-state index contributed by atoms with van der Waals surface area (Å²) < 4.78 is 35.5. The zero-order chi connectivity index (χ0) is 24.7. The van der Waals surface area contributed by atoms with Crippen LogP contribution in [0.1, 0.15) is 52.4 Å². The molecule has 1 fully saturated rings. The lowest BCUT2D eigenvalue weighted by Gasteiger charge is -2.25. The summed E-state index contributed by atoms with van der Waals surface area (Å²) in [5, 5.41) is 2.12. The van der Waals surface area contributed by atoms with Gasteiger partial charge in [-0.05, 0) is 68.1 Å². The average Bonchev–Trinajstić information content (AvgIpc) is 3.28. The van der Waals surface area contributed by atoms with Gasteiger partial charge in [0, 0.05) is 25.0 Å². The molecule has 0 amide bonds. The second-order valence-electron chi connectivity index (χ2n) is 8.79. The van der Waals surface area contributed by atoms with Gasteiger partial charge in [-0.25, -0.2) is 13.4 Å². The summed E-state index contributed by atoms with van der Waals surface area (Å²) in [6, 6.07) is 15.2. The Kier molecular flexibility index (Phi) is 8.81. The third-order valence-corrected chi connectivity index (χ3v) is 9.03. The number of rotatable bonds is 10. The second-order valence-corrected chi connectivity index (χ2v) is 11.6. The molecule has 2 heterocycles. The molecule has 6 nitrogen and oxygen atoms in total. The number of thiazole rings is 1. The van der Waals surface area contributed by atoms with Crippen molar-refractivity contribution >= 4 is 27.0 Å². The molecule has 188 valence electrons. The lowest BCUT2D eigenvalue weighted by molar-refractivity contribution is 0.340. The van der Waals surface area contributed by atoms with Crippen molar-refractivity contribution in [3.8, 4) is 17.0 Å². The van der Waals surface area contributed by atoms with Crippen LogP contribution < -0.4 is 9.54 Å². The van der Waals surface area contributed by atoms with Crippen LogP contribution in [0.4, 0.5) is 5.69 Å². The summed E-state index contributed by atoms with van der Waals surface area (Å²) in [6.45, 7) is 6.91. The van der Waals surface area contributed by atoms with Crippen molar-refractivity contribution in [3.05, 3.63) is 58.7 Å². The molecule has 1 aromatic heterocycles. The minimum atomic E-state index is -3.43. The third-order valence-electron chi connectivity index (χ3n) is 6.26. The van der Waals surface area contributed by atoms with E-state index in [-0.39, 0.29) is 0 Å². The maximum Gasteiger partial charge on any atom is 0.243 e. The highest BCUT2D eigenvalue weighted by molar-refractivity contribution is 7.89. The van der Waals surface area contributed by atoms with Crippen molar-refractivity contribution in [2.75, 3.05) is 19.7 Å². The Hall–Kier alpha value is -2.42. The molecule has 2 aromatic carbocycles. The molecule has 0 radical (unpaired) electrons. The van der Waals surface area contributed by atoms with E-state index in [0.717, 1.165) is 72.6 Å². The molecule has 0 spiro atoms. The van der Waals surface area contributed by atoms with Crippen LogP contribution in [-0.4, -0.2) is 37.0 Å². The Morgan fingerprint density at radius 3 is 2.31 bits per heavy atom. The fourth-order valence-corrected chi connectivity index (χ4v) is 6.80. The van der Waals surface area contributed by atoms with Gasteiger partial charge in [0.25, 0.3) is 0 Å². The summed E-state index contributed by atoms with van der Waals surface area (Å²) in [4.78, 5) is 6.21. The second kappa shape index (κ2) is 12.0. The molecule has 0 bridgehead atoms. The van der Waals surface area contributed by atoms with E-state index in [1.54, 1.807) is 27.8 Å². The maximum atomic E-state index is 13.0. The van der Waals surface area contributed by atoms with E-state index < -0.39 is 10.0 Å². The Labute approximate surface area is 213 Å². The first-order chi connectivity index (χ1) is 17.0. The summed E-state index contributed by atoms with van der Waals surface area (Å²) in [7, 11) is -3.43. The first-order valence-electron chi connectivity index (χ1n) is 12.6. The van der Waals surface area contributed by atoms with Crippen LogP contribution >= 0.6 is 11.3 Å². The number of benzene rings is 2. The number of aromatic nitrogens is 1. The van der Waals surface area contributed by atoms with Crippen molar-refractivity contribution in [1.29, 1.82) is 0 Å². The molecule has 0 atom stereocenters. The van der Waals surface area contributed by atoms with Gasteiger partial charge in [0.15, 0.2) is 4.80 Å². The number of hydrogen-bond acceptors (Lipinski definition) is 5. The van der Waals surface area contributed by atoms with Gasteiger partial charge in [-0.3, -0.25) is 0 Å². The predicted molar refractivity (Wildman–Crippen MR) is 143 cm³/mol. The largest absolute Gasteiger partial charge is 0.494 e. The molecule has 0 unspecified atom stereocenters. The molecule has 1 saturated heterocycles. The van der Waals surface area contributed by atoms with Gasteiger partial charge < -0.3 is 9.30 Å². The van der Waals surface area contributed by atoms with Crippen LogP contribution in [0.3, 0.4) is 0 Å². The van der Waals surface area contributed by atoms with Gasteiger partial charge in [0.2, 0.25) is 10.0 Å². The summed E-state index contributed by atoms with van der Waals surface area (Å²) in [5.41, 5.74) is 2.95. The molecule has 0 aliphatic carbocycles. The van der Waals surface area contributed by atoms with Gasteiger partial charge >= 0.3 is 0 Å². The fraction of sp³-hybridized carbons (Fsp3) is 0.444. The lowest BCUT2D eigenvalue weighted by Crippen LogP contribution is -2.35. The van der Waals surface area contributed by atoms with Gasteiger partial charge in [-0.2, -0.15) is 4.31 Å². The molecular weight excluding hydrogens is 478 g/mol. The zero-order valence-electron chi connectivity index (χ0n) is 20.7. The van der Waals surface area contributed by atoms with Crippen molar-refractivity contribution in [1.82, 2.24) is 8.87 Å². The van der Waals surface area contributed by atoms with Gasteiger partial charge in [-0.15, -0.1) is 11.3 Å². The molecule has 35 heavy (non-hydrogen) atoms. The van der Waals surface area contributed by atoms with Crippen LogP contribution in [0.15, 0.2) is 63.8 Å². The normalized spacial score (nSPS) is 15.4. The summed E-state index contributed by atoms with van der Waals surface area (Å²) >= 11 is 1.61. The van der Waals surface area contributed by atoms with Crippen LogP contribution in [0.2, 0.25) is 0 Å². The smallest absolute Gasteiger partial charge is 0.243 e. The maximum absolute atomic E-state index is 13.0. The number of nitrogens with zero attached hydrogens (tertiary/aromatic N) is 3. The first kappa shape index (κ1) is 25.7. The topological polar surface area (TPSA) is 63.9 Å². The van der Waals surface area contributed by atoms with Crippen molar-refractivity contribution in [3.63, 3.8) is 0 Å². The SMILES string of the molecule is CCCCCn1c(-c2ccc(S(=O)(=O)N3CCCCC3)cc2)csc1=Nc1ccc(OCC)cc1. The first-order valence-corrected chi connectivity index (χ1v) is 14.9. The molecule has 1 aliphatic rings. The van der Waals surface area contributed by atoms with E-state index in [9.17, 15) is 8.42 Å². The van der Waals surface area contributed by atoms with Gasteiger partial charge in [0.1, 0.15) is 5.75 Å². The third kappa shape index (κ3) is 6.23. The molecule has 3 aromatic rings. The van der Waals surface area contributed by atoms with Crippen LogP contribution in [-0.2, 0) is 16.6 Å². The highest BCUT2D eigenvalue weighted by Gasteiger charge is 2.25. The quantitative estimate of drug-likeness (QED) is 0.303. The van der Waals surface area contributed by atoms with Gasteiger partial charge in [-0.1, -0.05) is 38.3 Å². The van der Waals surface area contributed by atoms with E-state index in [4.69, 9.17) is 9.73 Å². The Morgan fingerprint density at radius 2 is 1.66 bits per heavy atom. The fourth-order valence-electron chi connectivity index (χ4n) is 4.33. The summed E-state index contributed by atoms with van der Waals surface area (Å²) in [6.07, 6.45) is 6.34. The zero-order valence-corrected chi connectivity index (χ0v) is 22.3. The Morgan fingerprint density at radius 1 is 0.943 bits per heavy atom. The van der Waals surface area contributed by atoms with Crippen LogP contribution in [0.5, 0.6) is 5.75 Å². The van der Waals surface area contributed by atoms with Crippen molar-refractivity contribution in [2.45, 2.75) is 63.8 Å². The van der Waals surface area contributed by atoms with E-state index in [0.29, 0.717) is 24.6 Å². The van der Waals surface area contributed by atoms with Crippen molar-refractivity contribution < 1.29 is 13.2 Å². The molecular formula is C27H35N3O3S2. The Bertz CT molecular complexity index is 1250. The van der Waals surface area contributed by atoms with Crippen LogP contribution in [0.25, 0.3) is 11.3 Å². The number of sulfonamides is 1. The molecule has 8 heteroatoms. The predicted octanol–water partition coefficient (Wildman–Crippen LogP) is 6.21. The van der Waals surface area contributed by atoms with E-state index in [1.807, 2.05) is 43.3 Å². The lowest BCUT2D eigenvalue weighted by atomic mass is 10.1. The molecule has 4 rings (SSSR count). The minimum absolute atomic E-state index is 0.371. The summed E-state index contributed by atoms with van der Waals surface area (Å²) in [5.74, 6) is 0.841. The number of ether oxygens (including phenoxy) is 1. The monoisotopic (exact) mass is 513 g/mol. The molecule has 0 N–H and O–H groups in total. The van der Waals surface area contributed by atoms with Crippen molar-refractivity contribution in [2.24, 2.45) is 4.99 Å². The van der Waals surface area contributed by atoms with E-state index in [1.165, 1.54) is 0 Å². The average molecular weight is 514 g/mol. The highest BCUT2D eigenvalue weighted by Crippen LogP contribution is 2.26. The minimum Gasteiger partial charge on any atom is -0.494 e. The Balaban J connectivity index is 1.64. The van der Waals surface area contributed by atoms with E-state index in [2.05, 4.69) is 16.9 Å². The standard InChI is InChI=1S/C27H35N3O3S2/c1-3-5-7-20-30-26(21-34-27(30)28-23-12-14-24(15-13-23)33-4-2)22-10-16-25(17-11-22)35(31,32)29-18-8-6-9-19-29/h10-17,21H,3-9,18-20H2,1-2H3. The number of piperidine rings is 1. The molecule has 0 saturated carbocycles. The molecule has 1 aliphatic heterocycles. The van der Waals surface area contributed by atoms with Gasteiger partial charge in [0.05, 0.1) is 22.9 Å². The highest BCUT2D eigenvalue weighted by atomic mass is 32.2. The van der Waals surface area contributed by atoms with E-state index >= 15 is 0 Å². The number of hydrogen-bond donors (Lipinski definition) is 0. The van der Waals surface area contributed by atoms with Crippen LogP contribution in [0, 0.1) is 0 Å².